The zero-order valence-electron chi connectivity index (χ0n) is 14.0. The van der Waals surface area contributed by atoms with E-state index in [1.54, 1.807) is 6.08 Å². The molecule has 23 heavy (non-hydrogen) atoms. The van der Waals surface area contributed by atoms with Crippen LogP contribution in [0.4, 0.5) is 13.2 Å². The van der Waals surface area contributed by atoms with Gasteiger partial charge in [-0.1, -0.05) is 64.0 Å². The standard InChI is InChI=1S/C20H27F3/c1-2-3-4-5-6-7-8-9-10-11-12-13-18-14-16-19(17-15-18)20(21,22)23/h11,13-17H,2-10H2,1H3. The maximum Gasteiger partial charge on any atom is 0.416 e. The van der Waals surface area contributed by atoms with Crippen molar-refractivity contribution in [2.45, 2.75) is 70.9 Å². The van der Waals surface area contributed by atoms with E-state index in [4.69, 9.17) is 0 Å². The first-order valence-electron chi connectivity index (χ1n) is 8.62. The number of unbranched alkanes of at least 4 members (excludes halogenated alkanes) is 8. The molecule has 0 nitrogen and oxygen atoms in total. The molecule has 0 saturated carbocycles. The third kappa shape index (κ3) is 9.30. The summed E-state index contributed by atoms with van der Waals surface area (Å²) in [4.78, 5) is 0. The maximum absolute atomic E-state index is 12.4. The van der Waals surface area contributed by atoms with Crippen molar-refractivity contribution in [1.82, 2.24) is 0 Å². The average Bonchev–Trinajstić information content (AvgIpc) is 2.52. The predicted octanol–water partition coefficient (Wildman–Crippen LogP) is 7.40. The molecule has 0 atom stereocenters. The molecule has 0 spiro atoms. The largest absolute Gasteiger partial charge is 0.416 e. The van der Waals surface area contributed by atoms with Gasteiger partial charge in [0.2, 0.25) is 0 Å². The molecule has 0 N–H and O–H groups in total. The van der Waals surface area contributed by atoms with E-state index in [1.165, 1.54) is 57.1 Å². The summed E-state index contributed by atoms with van der Waals surface area (Å²) in [7, 11) is 0. The summed E-state index contributed by atoms with van der Waals surface area (Å²) in [6.45, 7) is 2.23. The molecule has 0 bridgehead atoms. The van der Waals surface area contributed by atoms with Crippen LogP contribution in [0.15, 0.2) is 36.1 Å². The Balaban J connectivity index is 2.18. The molecule has 1 aromatic rings. The van der Waals surface area contributed by atoms with Gasteiger partial charge in [0.05, 0.1) is 5.56 Å². The Morgan fingerprint density at radius 1 is 0.870 bits per heavy atom. The lowest BCUT2D eigenvalue weighted by Crippen LogP contribution is -2.03. The molecule has 0 aliphatic carbocycles. The maximum atomic E-state index is 12.4. The van der Waals surface area contributed by atoms with Gasteiger partial charge < -0.3 is 0 Å². The summed E-state index contributed by atoms with van der Waals surface area (Å²) >= 11 is 0. The van der Waals surface area contributed by atoms with Gasteiger partial charge >= 0.3 is 6.18 Å². The molecule has 1 aromatic carbocycles. The topological polar surface area (TPSA) is 0 Å². The Morgan fingerprint density at radius 3 is 2.00 bits per heavy atom. The first-order valence-corrected chi connectivity index (χ1v) is 8.62. The van der Waals surface area contributed by atoms with Crippen LogP contribution < -0.4 is 0 Å². The van der Waals surface area contributed by atoms with Gasteiger partial charge in [-0.3, -0.25) is 0 Å². The van der Waals surface area contributed by atoms with Crippen molar-refractivity contribution in [2.75, 3.05) is 0 Å². The molecule has 0 saturated heterocycles. The minimum Gasteiger partial charge on any atom is -0.166 e. The van der Waals surface area contributed by atoms with Crippen molar-refractivity contribution in [3.05, 3.63) is 47.2 Å². The van der Waals surface area contributed by atoms with Gasteiger partial charge in [0, 0.05) is 0 Å². The van der Waals surface area contributed by atoms with Crippen LogP contribution in [0, 0.1) is 0 Å². The minimum absolute atomic E-state index is 0.613. The number of allylic oxidation sites excluding steroid dienone is 1. The van der Waals surface area contributed by atoms with Gasteiger partial charge in [-0.15, -0.1) is 5.73 Å². The number of benzene rings is 1. The fourth-order valence-corrected chi connectivity index (χ4v) is 2.39. The summed E-state index contributed by atoms with van der Waals surface area (Å²) in [5.74, 6) is 0. The highest BCUT2D eigenvalue weighted by molar-refractivity contribution is 5.49. The number of hydrogen-bond acceptors (Lipinski definition) is 0. The van der Waals surface area contributed by atoms with Gasteiger partial charge in [0.25, 0.3) is 0 Å². The van der Waals surface area contributed by atoms with Gasteiger partial charge in [-0.2, -0.15) is 13.2 Å². The lowest BCUT2D eigenvalue weighted by atomic mass is 10.1. The normalized spacial score (nSPS) is 11.1. The molecule has 0 aliphatic rings. The fourth-order valence-electron chi connectivity index (χ4n) is 2.39. The molecule has 1 rings (SSSR count). The molecule has 0 radical (unpaired) electrons. The highest BCUT2D eigenvalue weighted by atomic mass is 19.4. The van der Waals surface area contributed by atoms with Gasteiger partial charge in [0.1, 0.15) is 0 Å². The first kappa shape index (κ1) is 19.6. The third-order valence-corrected chi connectivity index (χ3v) is 3.81. The zero-order valence-corrected chi connectivity index (χ0v) is 14.0. The third-order valence-electron chi connectivity index (χ3n) is 3.81. The molecule has 3 heteroatoms. The molecule has 0 heterocycles. The minimum atomic E-state index is -4.27. The predicted molar refractivity (Wildman–Crippen MR) is 91.2 cm³/mol. The van der Waals surface area contributed by atoms with Gasteiger partial charge in [0.15, 0.2) is 0 Å². The van der Waals surface area contributed by atoms with Crippen LogP contribution in [-0.2, 0) is 6.18 Å². The molecular formula is C20H27F3. The smallest absolute Gasteiger partial charge is 0.166 e. The Kier molecular flexibility index (Phi) is 9.47. The SMILES string of the molecule is CCCCCCCCCCC=C=Cc1ccc(C(F)(F)F)cc1. The van der Waals surface area contributed by atoms with Crippen molar-refractivity contribution in [1.29, 1.82) is 0 Å². The second-order valence-electron chi connectivity index (χ2n) is 5.90. The van der Waals surface area contributed by atoms with E-state index in [-0.39, 0.29) is 0 Å². The van der Waals surface area contributed by atoms with E-state index >= 15 is 0 Å². The van der Waals surface area contributed by atoms with Crippen molar-refractivity contribution >= 4 is 6.08 Å². The van der Waals surface area contributed by atoms with E-state index in [0.717, 1.165) is 30.5 Å². The molecule has 128 valence electrons. The monoisotopic (exact) mass is 324 g/mol. The summed E-state index contributed by atoms with van der Waals surface area (Å²) in [5.41, 5.74) is 3.17. The quantitative estimate of drug-likeness (QED) is 0.310. The van der Waals surface area contributed by atoms with Crippen LogP contribution in [0.25, 0.3) is 6.08 Å². The Labute approximate surface area is 138 Å². The summed E-state index contributed by atoms with van der Waals surface area (Å²) < 4.78 is 37.3. The van der Waals surface area contributed by atoms with E-state index in [2.05, 4.69) is 12.7 Å². The molecule has 0 amide bonds. The highest BCUT2D eigenvalue weighted by Crippen LogP contribution is 2.29. The van der Waals surface area contributed by atoms with Crippen molar-refractivity contribution in [2.24, 2.45) is 0 Å². The van der Waals surface area contributed by atoms with Crippen LogP contribution in [0.2, 0.25) is 0 Å². The van der Waals surface area contributed by atoms with Crippen molar-refractivity contribution < 1.29 is 13.2 Å². The van der Waals surface area contributed by atoms with Gasteiger partial charge in [-0.05, 0) is 42.7 Å². The zero-order chi connectivity index (χ0) is 17.0. The van der Waals surface area contributed by atoms with E-state index in [1.807, 2.05) is 6.08 Å². The van der Waals surface area contributed by atoms with E-state index in [0.29, 0.717) is 0 Å². The van der Waals surface area contributed by atoms with Crippen molar-refractivity contribution in [3.8, 4) is 0 Å². The lowest BCUT2D eigenvalue weighted by Gasteiger charge is -2.05. The summed E-state index contributed by atoms with van der Waals surface area (Å²) in [5, 5.41) is 0. The van der Waals surface area contributed by atoms with Crippen LogP contribution in [0.3, 0.4) is 0 Å². The molecular weight excluding hydrogens is 297 g/mol. The Bertz CT molecular complexity index is 477. The van der Waals surface area contributed by atoms with Crippen LogP contribution >= 0.6 is 0 Å². The number of hydrogen-bond donors (Lipinski definition) is 0. The van der Waals surface area contributed by atoms with Gasteiger partial charge in [-0.25, -0.2) is 0 Å². The van der Waals surface area contributed by atoms with E-state index < -0.39 is 11.7 Å². The second kappa shape index (κ2) is 11.1. The summed E-state index contributed by atoms with van der Waals surface area (Å²) in [6.07, 6.45) is 10.7. The van der Waals surface area contributed by atoms with E-state index in [9.17, 15) is 13.2 Å². The number of rotatable bonds is 10. The molecule has 0 unspecified atom stereocenters. The second-order valence-corrected chi connectivity index (χ2v) is 5.90. The first-order chi connectivity index (χ1) is 11.0. The highest BCUT2D eigenvalue weighted by Gasteiger charge is 2.29. The Hall–Kier alpha value is -1.47. The molecule has 0 aromatic heterocycles. The fraction of sp³-hybridized carbons (Fsp3) is 0.550. The number of halogens is 3. The summed E-state index contributed by atoms with van der Waals surface area (Å²) in [6, 6.07) is 5.15. The lowest BCUT2D eigenvalue weighted by molar-refractivity contribution is -0.137. The molecule has 0 aliphatic heterocycles. The number of alkyl halides is 3. The van der Waals surface area contributed by atoms with Crippen LogP contribution in [0.1, 0.15) is 75.8 Å². The van der Waals surface area contributed by atoms with Crippen LogP contribution in [0.5, 0.6) is 0 Å². The molecule has 0 fully saturated rings. The van der Waals surface area contributed by atoms with Crippen LogP contribution in [-0.4, -0.2) is 0 Å². The van der Waals surface area contributed by atoms with Crippen molar-refractivity contribution in [3.63, 3.8) is 0 Å². The average molecular weight is 324 g/mol. The Morgan fingerprint density at radius 2 is 1.43 bits per heavy atom.